The van der Waals surface area contributed by atoms with Gasteiger partial charge in [-0.3, -0.25) is 9.48 Å². The predicted molar refractivity (Wildman–Crippen MR) is 133 cm³/mol. The number of para-hydroxylation sites is 1. The quantitative estimate of drug-likeness (QED) is 0.266. The molecule has 0 aliphatic rings. The van der Waals surface area contributed by atoms with Crippen LogP contribution in [0.15, 0.2) is 49.1 Å². The van der Waals surface area contributed by atoms with Gasteiger partial charge in [0.25, 0.3) is 0 Å². The maximum absolute atomic E-state index is 12.7. The molecule has 4 aromatic rings. The molecule has 0 saturated heterocycles. The van der Waals surface area contributed by atoms with Gasteiger partial charge in [0, 0.05) is 31.9 Å². The third-order valence-corrected chi connectivity index (χ3v) is 5.07. The summed E-state index contributed by atoms with van der Waals surface area (Å²) >= 11 is 0. The van der Waals surface area contributed by atoms with Gasteiger partial charge in [0.1, 0.15) is 24.6 Å². The molecule has 0 amide bonds. The summed E-state index contributed by atoms with van der Waals surface area (Å²) in [5.74, 6) is 1.86. The van der Waals surface area contributed by atoms with Crippen LogP contribution in [0.3, 0.4) is 0 Å². The lowest BCUT2D eigenvalue weighted by atomic mass is 10.1. The molecule has 4 rings (SSSR count). The Morgan fingerprint density at radius 2 is 1.97 bits per heavy atom. The molecular formula is C24H26N8O4. The van der Waals surface area contributed by atoms with E-state index < -0.39 is 0 Å². The molecule has 0 aliphatic carbocycles. The largest absolute Gasteiger partial charge is 0.494 e. The fourth-order valence-corrected chi connectivity index (χ4v) is 3.43. The number of Topliss-reactive ketones (excluding diaryl/α,β-unsaturated/α-hetero) is 1. The third-order valence-electron chi connectivity index (χ3n) is 5.07. The number of nitrogens with zero attached hydrogens (tertiary/aromatic N) is 6. The lowest BCUT2D eigenvalue weighted by Gasteiger charge is -2.17. The minimum atomic E-state index is -0.147. The molecule has 0 radical (unpaired) electrons. The predicted octanol–water partition coefficient (Wildman–Crippen LogP) is 3.13. The van der Waals surface area contributed by atoms with Crippen molar-refractivity contribution in [1.82, 2.24) is 29.7 Å². The lowest BCUT2D eigenvalue weighted by Crippen LogP contribution is -2.08. The minimum absolute atomic E-state index is 0.0696. The number of ketones is 1. The van der Waals surface area contributed by atoms with E-state index in [1.54, 1.807) is 44.2 Å². The van der Waals surface area contributed by atoms with Gasteiger partial charge in [0.15, 0.2) is 17.4 Å². The molecule has 12 heteroatoms. The van der Waals surface area contributed by atoms with E-state index in [-0.39, 0.29) is 25.0 Å². The van der Waals surface area contributed by atoms with E-state index in [4.69, 9.17) is 14.6 Å². The number of aliphatic hydroxyl groups is 1. The standard InChI is InChI=1S/C24H26N8O4/c1-4-19(34)16-13-26-21(29-20-8-9-25-24(30-20)36-11-10-33)12-18(16)28-17-7-5-6-15(22(17)35-3)23-27-14-32(2)31-23/h5-9,12-14,33H,4,10-11H2,1-3H3,(H2,25,26,28,29,30). The van der Waals surface area contributed by atoms with Crippen LogP contribution in [0.1, 0.15) is 23.7 Å². The zero-order chi connectivity index (χ0) is 25.5. The maximum Gasteiger partial charge on any atom is 0.318 e. The van der Waals surface area contributed by atoms with E-state index in [0.717, 1.165) is 0 Å². The second-order valence-corrected chi connectivity index (χ2v) is 7.57. The first-order valence-electron chi connectivity index (χ1n) is 11.2. The van der Waals surface area contributed by atoms with Crippen molar-refractivity contribution in [2.24, 2.45) is 7.05 Å². The van der Waals surface area contributed by atoms with Gasteiger partial charge in [-0.05, 0) is 18.2 Å². The number of benzene rings is 1. The lowest BCUT2D eigenvalue weighted by molar-refractivity contribution is 0.0988. The third kappa shape index (κ3) is 5.55. The first-order chi connectivity index (χ1) is 17.5. The molecule has 0 aliphatic heterocycles. The molecule has 0 atom stereocenters. The van der Waals surface area contributed by atoms with Gasteiger partial charge in [-0.15, -0.1) is 0 Å². The van der Waals surface area contributed by atoms with Crippen LogP contribution in [-0.2, 0) is 7.05 Å². The summed E-state index contributed by atoms with van der Waals surface area (Å²) in [6.45, 7) is 1.73. The molecule has 1 aromatic carbocycles. The van der Waals surface area contributed by atoms with Crippen molar-refractivity contribution < 1.29 is 19.4 Å². The van der Waals surface area contributed by atoms with Crippen molar-refractivity contribution in [3.05, 3.63) is 54.6 Å². The number of aliphatic hydroxyl groups excluding tert-OH is 1. The Bertz CT molecular complexity index is 1360. The molecular weight excluding hydrogens is 464 g/mol. The minimum Gasteiger partial charge on any atom is -0.494 e. The summed E-state index contributed by atoms with van der Waals surface area (Å²) in [7, 11) is 3.36. The van der Waals surface area contributed by atoms with Gasteiger partial charge in [-0.1, -0.05) is 13.0 Å². The van der Waals surface area contributed by atoms with E-state index in [1.165, 1.54) is 12.4 Å². The summed E-state index contributed by atoms with van der Waals surface area (Å²) in [6, 6.07) is 9.04. The van der Waals surface area contributed by atoms with Gasteiger partial charge in [0.2, 0.25) is 0 Å². The number of hydrogen-bond acceptors (Lipinski definition) is 11. The fourth-order valence-electron chi connectivity index (χ4n) is 3.43. The van der Waals surface area contributed by atoms with Crippen LogP contribution in [-0.4, -0.2) is 60.9 Å². The van der Waals surface area contributed by atoms with Crippen LogP contribution in [0, 0.1) is 0 Å². The molecule has 186 valence electrons. The van der Waals surface area contributed by atoms with Crippen molar-refractivity contribution in [2.45, 2.75) is 13.3 Å². The first-order valence-corrected chi connectivity index (χ1v) is 11.2. The number of rotatable bonds is 11. The number of anilines is 4. The Kier molecular flexibility index (Phi) is 7.66. The molecule has 0 fully saturated rings. The van der Waals surface area contributed by atoms with Crippen LogP contribution in [0.4, 0.5) is 23.0 Å². The summed E-state index contributed by atoms with van der Waals surface area (Å²) in [4.78, 5) is 29.6. The highest BCUT2D eigenvalue weighted by Crippen LogP contribution is 2.37. The summed E-state index contributed by atoms with van der Waals surface area (Å²) in [5, 5.41) is 19.7. The topological polar surface area (TPSA) is 149 Å². The maximum atomic E-state index is 12.7. The second kappa shape index (κ2) is 11.2. The van der Waals surface area contributed by atoms with Crippen molar-refractivity contribution in [3.63, 3.8) is 0 Å². The molecule has 3 aromatic heterocycles. The van der Waals surface area contributed by atoms with Gasteiger partial charge in [-0.2, -0.15) is 10.1 Å². The SMILES string of the molecule is CCC(=O)c1cnc(Nc2ccnc(OCCO)n2)cc1Nc1cccc(-c2ncn(C)n2)c1OC. The van der Waals surface area contributed by atoms with Crippen molar-refractivity contribution in [3.8, 4) is 23.1 Å². The highest BCUT2D eigenvalue weighted by molar-refractivity contribution is 6.02. The monoisotopic (exact) mass is 490 g/mol. The number of methoxy groups -OCH3 is 1. The number of carbonyl (C=O) groups is 1. The smallest absolute Gasteiger partial charge is 0.318 e. The van der Waals surface area contributed by atoms with Crippen LogP contribution >= 0.6 is 0 Å². The highest BCUT2D eigenvalue weighted by atomic mass is 16.5. The van der Waals surface area contributed by atoms with Crippen LogP contribution in [0.5, 0.6) is 11.8 Å². The summed E-state index contributed by atoms with van der Waals surface area (Å²) < 4.78 is 12.6. The Hall–Kier alpha value is -4.58. The van der Waals surface area contributed by atoms with E-state index in [1.807, 2.05) is 18.2 Å². The Labute approximate surface area is 207 Å². The average molecular weight is 491 g/mol. The Morgan fingerprint density at radius 3 is 2.69 bits per heavy atom. The molecule has 0 spiro atoms. The number of aromatic nitrogens is 6. The number of aryl methyl sites for hydroxylation is 1. The molecule has 3 heterocycles. The van der Waals surface area contributed by atoms with Gasteiger partial charge in [0.05, 0.1) is 36.2 Å². The van der Waals surface area contributed by atoms with Crippen molar-refractivity contribution >= 4 is 28.8 Å². The molecule has 3 N–H and O–H groups in total. The van der Waals surface area contributed by atoms with Gasteiger partial charge >= 0.3 is 6.01 Å². The highest BCUT2D eigenvalue weighted by Gasteiger charge is 2.18. The van der Waals surface area contributed by atoms with Crippen LogP contribution < -0.4 is 20.1 Å². The zero-order valence-corrected chi connectivity index (χ0v) is 20.1. The second-order valence-electron chi connectivity index (χ2n) is 7.57. The van der Waals surface area contributed by atoms with E-state index in [2.05, 4.69) is 35.7 Å². The molecule has 0 unspecified atom stereocenters. The van der Waals surface area contributed by atoms with Crippen LogP contribution in [0.25, 0.3) is 11.4 Å². The van der Waals surface area contributed by atoms with Gasteiger partial charge < -0.3 is 25.2 Å². The molecule has 36 heavy (non-hydrogen) atoms. The van der Waals surface area contributed by atoms with E-state index in [0.29, 0.717) is 52.1 Å². The molecule has 0 bridgehead atoms. The molecule has 0 saturated carbocycles. The number of pyridine rings is 1. The summed E-state index contributed by atoms with van der Waals surface area (Å²) in [6.07, 6.45) is 4.96. The zero-order valence-electron chi connectivity index (χ0n) is 20.1. The molecule has 12 nitrogen and oxygen atoms in total. The average Bonchev–Trinajstić information content (AvgIpc) is 3.33. The van der Waals surface area contributed by atoms with Crippen molar-refractivity contribution in [1.29, 1.82) is 0 Å². The van der Waals surface area contributed by atoms with E-state index >= 15 is 0 Å². The number of ether oxygens (including phenoxy) is 2. The number of carbonyl (C=O) groups excluding carboxylic acids is 1. The van der Waals surface area contributed by atoms with Crippen molar-refractivity contribution in [2.75, 3.05) is 31.0 Å². The van der Waals surface area contributed by atoms with E-state index in [9.17, 15) is 4.79 Å². The normalized spacial score (nSPS) is 10.7. The van der Waals surface area contributed by atoms with Gasteiger partial charge in [-0.25, -0.2) is 15.0 Å². The number of nitrogens with one attached hydrogen (secondary N) is 2. The Balaban J connectivity index is 1.68. The first kappa shape index (κ1) is 24.5. The Morgan fingerprint density at radius 1 is 1.11 bits per heavy atom. The fraction of sp³-hybridized carbons (Fsp3) is 0.250. The number of hydrogen-bond donors (Lipinski definition) is 3. The summed E-state index contributed by atoms with van der Waals surface area (Å²) in [5.41, 5.74) is 2.30. The van der Waals surface area contributed by atoms with Crippen LogP contribution in [0.2, 0.25) is 0 Å².